The molecule has 0 spiro atoms. The van der Waals surface area contributed by atoms with Crippen LogP contribution in [0, 0.1) is 5.41 Å². The van der Waals surface area contributed by atoms with Gasteiger partial charge in [-0.25, -0.2) is 4.79 Å². The fourth-order valence-corrected chi connectivity index (χ4v) is 1.80. The van der Waals surface area contributed by atoms with Gasteiger partial charge in [-0.1, -0.05) is 6.92 Å². The van der Waals surface area contributed by atoms with E-state index >= 15 is 0 Å². The Morgan fingerprint density at radius 3 is 2.33 bits per heavy atom. The standard InChI is InChI=1S/C15H21N3O3/c1-2-14(19)13(18)5-3-4-6-21-15(20)10-7-11(16)9-12(17)8-10/h7-9,18H,2-6,16-17H2,1H3. The minimum Gasteiger partial charge on any atom is -0.462 e. The summed E-state index contributed by atoms with van der Waals surface area (Å²) in [5.41, 5.74) is 12.5. The molecular weight excluding hydrogens is 270 g/mol. The molecule has 5 N–H and O–H groups in total. The number of nitrogen functional groups attached to an aromatic ring is 2. The van der Waals surface area contributed by atoms with E-state index in [9.17, 15) is 9.59 Å². The van der Waals surface area contributed by atoms with Gasteiger partial charge in [-0.05, 0) is 37.5 Å². The quantitative estimate of drug-likeness (QED) is 0.293. The Kier molecular flexibility index (Phi) is 6.39. The van der Waals surface area contributed by atoms with E-state index in [1.807, 2.05) is 0 Å². The minimum absolute atomic E-state index is 0.132. The van der Waals surface area contributed by atoms with Crippen molar-refractivity contribution in [1.29, 1.82) is 5.41 Å². The highest BCUT2D eigenvalue weighted by Gasteiger charge is 2.09. The largest absolute Gasteiger partial charge is 0.462 e. The summed E-state index contributed by atoms with van der Waals surface area (Å²) < 4.78 is 5.10. The van der Waals surface area contributed by atoms with Gasteiger partial charge in [0.15, 0.2) is 5.78 Å². The van der Waals surface area contributed by atoms with Crippen LogP contribution in [0.15, 0.2) is 18.2 Å². The molecule has 21 heavy (non-hydrogen) atoms. The molecule has 0 fully saturated rings. The second-order valence-electron chi connectivity index (χ2n) is 4.74. The maximum absolute atomic E-state index is 11.8. The van der Waals surface area contributed by atoms with Crippen molar-refractivity contribution in [3.63, 3.8) is 0 Å². The lowest BCUT2D eigenvalue weighted by Crippen LogP contribution is -2.12. The molecule has 0 aromatic heterocycles. The van der Waals surface area contributed by atoms with E-state index in [2.05, 4.69) is 0 Å². The summed E-state index contributed by atoms with van der Waals surface area (Å²) in [6.07, 6.45) is 2.00. The van der Waals surface area contributed by atoms with Crippen LogP contribution in [0.2, 0.25) is 0 Å². The van der Waals surface area contributed by atoms with Gasteiger partial charge in [0.1, 0.15) is 0 Å². The predicted octanol–water partition coefficient (Wildman–Crippen LogP) is 2.18. The molecule has 114 valence electrons. The highest BCUT2D eigenvalue weighted by molar-refractivity contribution is 6.38. The van der Waals surface area contributed by atoms with Crippen LogP contribution in [-0.2, 0) is 9.53 Å². The first-order chi connectivity index (χ1) is 9.93. The van der Waals surface area contributed by atoms with Crippen LogP contribution in [0.3, 0.4) is 0 Å². The highest BCUT2D eigenvalue weighted by Crippen LogP contribution is 2.14. The molecule has 1 aromatic rings. The van der Waals surface area contributed by atoms with Crippen molar-refractivity contribution in [2.75, 3.05) is 18.1 Å². The Morgan fingerprint density at radius 2 is 1.76 bits per heavy atom. The Hall–Kier alpha value is -2.37. The van der Waals surface area contributed by atoms with Gasteiger partial charge in [0.2, 0.25) is 0 Å². The summed E-state index contributed by atoms with van der Waals surface area (Å²) in [5.74, 6) is -0.615. The first-order valence-electron chi connectivity index (χ1n) is 6.87. The molecule has 0 unspecified atom stereocenters. The van der Waals surface area contributed by atoms with Crippen LogP contribution in [0.25, 0.3) is 0 Å². The number of ether oxygens (including phenoxy) is 1. The number of hydrogen-bond donors (Lipinski definition) is 3. The van der Waals surface area contributed by atoms with E-state index in [0.717, 1.165) is 0 Å². The zero-order chi connectivity index (χ0) is 15.8. The van der Waals surface area contributed by atoms with Gasteiger partial charge < -0.3 is 21.6 Å². The third-order valence-corrected chi connectivity index (χ3v) is 2.93. The van der Waals surface area contributed by atoms with Crippen molar-refractivity contribution in [1.82, 2.24) is 0 Å². The number of carbonyl (C=O) groups excluding carboxylic acids is 2. The SMILES string of the molecule is CCC(=O)C(=N)CCCCOC(=O)c1cc(N)cc(N)c1. The molecule has 0 radical (unpaired) electrons. The molecule has 0 saturated carbocycles. The molecule has 0 atom stereocenters. The molecule has 0 aliphatic rings. The zero-order valence-electron chi connectivity index (χ0n) is 12.1. The lowest BCUT2D eigenvalue weighted by atomic mass is 10.1. The van der Waals surface area contributed by atoms with Crippen LogP contribution in [0.5, 0.6) is 0 Å². The number of unbranched alkanes of at least 4 members (excludes halogenated alkanes) is 1. The number of esters is 1. The van der Waals surface area contributed by atoms with Crippen LogP contribution in [0.4, 0.5) is 11.4 Å². The molecule has 1 rings (SSSR count). The molecular formula is C15H21N3O3. The molecule has 0 bridgehead atoms. The van der Waals surface area contributed by atoms with Gasteiger partial charge in [0.25, 0.3) is 0 Å². The summed E-state index contributed by atoms with van der Waals surface area (Å²) in [4.78, 5) is 23.0. The molecule has 1 aromatic carbocycles. The molecule has 0 heterocycles. The highest BCUT2D eigenvalue weighted by atomic mass is 16.5. The maximum atomic E-state index is 11.8. The Morgan fingerprint density at radius 1 is 1.14 bits per heavy atom. The second kappa shape index (κ2) is 8.04. The zero-order valence-corrected chi connectivity index (χ0v) is 12.1. The summed E-state index contributed by atoms with van der Waals surface area (Å²) in [7, 11) is 0. The normalized spacial score (nSPS) is 10.1. The monoisotopic (exact) mass is 291 g/mol. The van der Waals surface area contributed by atoms with Gasteiger partial charge in [0.05, 0.1) is 17.9 Å². The number of hydrogen-bond acceptors (Lipinski definition) is 6. The van der Waals surface area contributed by atoms with Crippen molar-refractivity contribution < 1.29 is 14.3 Å². The first kappa shape index (κ1) is 16.7. The average Bonchev–Trinajstić information content (AvgIpc) is 2.44. The Labute approximate surface area is 124 Å². The van der Waals surface area contributed by atoms with Crippen molar-refractivity contribution in [3.05, 3.63) is 23.8 Å². The van der Waals surface area contributed by atoms with Crippen LogP contribution in [-0.4, -0.2) is 24.1 Å². The topological polar surface area (TPSA) is 119 Å². The van der Waals surface area contributed by atoms with Gasteiger partial charge >= 0.3 is 5.97 Å². The number of benzene rings is 1. The van der Waals surface area contributed by atoms with Crippen LogP contribution < -0.4 is 11.5 Å². The van der Waals surface area contributed by atoms with Gasteiger partial charge in [0, 0.05) is 17.8 Å². The summed E-state index contributed by atoms with van der Waals surface area (Å²) >= 11 is 0. The molecule has 0 aliphatic heterocycles. The van der Waals surface area contributed by atoms with Crippen molar-refractivity contribution in [3.8, 4) is 0 Å². The van der Waals surface area contributed by atoms with Gasteiger partial charge in [-0.15, -0.1) is 0 Å². The molecule has 0 aliphatic carbocycles. The molecule has 0 amide bonds. The Balaban J connectivity index is 2.31. The number of nitrogens with one attached hydrogen (secondary N) is 1. The number of rotatable bonds is 8. The number of anilines is 2. The van der Waals surface area contributed by atoms with Crippen molar-refractivity contribution in [2.24, 2.45) is 0 Å². The lowest BCUT2D eigenvalue weighted by Gasteiger charge is -2.06. The fourth-order valence-electron chi connectivity index (χ4n) is 1.80. The number of Topliss-reactive ketones (excluding diaryl/α,β-unsaturated/α-hetero) is 1. The molecule has 0 saturated heterocycles. The van der Waals surface area contributed by atoms with E-state index < -0.39 is 5.97 Å². The van der Waals surface area contributed by atoms with E-state index in [0.29, 0.717) is 42.6 Å². The number of carbonyl (C=O) groups is 2. The lowest BCUT2D eigenvalue weighted by molar-refractivity contribution is -0.112. The van der Waals surface area contributed by atoms with Crippen molar-refractivity contribution >= 4 is 28.8 Å². The molecule has 6 nitrogen and oxygen atoms in total. The third kappa shape index (κ3) is 5.64. The summed E-state index contributed by atoms with van der Waals surface area (Å²) in [6.45, 7) is 1.97. The van der Waals surface area contributed by atoms with E-state index in [4.69, 9.17) is 21.6 Å². The van der Waals surface area contributed by atoms with Crippen LogP contribution in [0.1, 0.15) is 43.0 Å². The van der Waals surface area contributed by atoms with Crippen LogP contribution >= 0.6 is 0 Å². The number of ketones is 1. The second-order valence-corrected chi connectivity index (χ2v) is 4.74. The minimum atomic E-state index is -0.478. The maximum Gasteiger partial charge on any atom is 0.338 e. The molecule has 6 heteroatoms. The number of nitrogens with two attached hydrogens (primary N) is 2. The van der Waals surface area contributed by atoms with Gasteiger partial charge in [-0.2, -0.15) is 0 Å². The smallest absolute Gasteiger partial charge is 0.338 e. The van der Waals surface area contributed by atoms with E-state index in [1.54, 1.807) is 13.0 Å². The third-order valence-electron chi connectivity index (χ3n) is 2.93. The fraction of sp³-hybridized carbons (Fsp3) is 0.400. The Bertz CT molecular complexity index is 521. The van der Waals surface area contributed by atoms with E-state index in [1.165, 1.54) is 12.1 Å². The van der Waals surface area contributed by atoms with Crippen molar-refractivity contribution in [2.45, 2.75) is 32.6 Å². The first-order valence-corrected chi connectivity index (χ1v) is 6.87. The predicted molar refractivity (Wildman–Crippen MR) is 82.4 cm³/mol. The summed E-state index contributed by atoms with van der Waals surface area (Å²) in [6, 6.07) is 4.58. The average molecular weight is 291 g/mol. The summed E-state index contributed by atoms with van der Waals surface area (Å²) in [5, 5.41) is 7.51. The van der Waals surface area contributed by atoms with E-state index in [-0.39, 0.29) is 18.1 Å². The van der Waals surface area contributed by atoms with Gasteiger partial charge in [-0.3, -0.25) is 4.79 Å².